The van der Waals surface area contributed by atoms with E-state index in [4.69, 9.17) is 15.1 Å². The summed E-state index contributed by atoms with van der Waals surface area (Å²) in [6.45, 7) is 1.19. The van der Waals surface area contributed by atoms with Gasteiger partial charge in [-0.2, -0.15) is 18.4 Å². The van der Waals surface area contributed by atoms with E-state index in [9.17, 15) is 18.0 Å². The van der Waals surface area contributed by atoms with Gasteiger partial charge in [-0.05, 0) is 30.7 Å². The largest absolute Gasteiger partial charge is 0.478 e. The number of aryl methyl sites for hydroxylation is 1. The third kappa shape index (κ3) is 3.81. The second-order valence-electron chi connectivity index (χ2n) is 4.88. The number of hydrogen-bond donors (Lipinski definition) is 1. The van der Waals surface area contributed by atoms with Crippen LogP contribution in [0.15, 0.2) is 30.3 Å². The van der Waals surface area contributed by atoms with Gasteiger partial charge in [0.15, 0.2) is 0 Å². The number of alkyl halides is 3. The average molecular weight is 336 g/mol. The first kappa shape index (κ1) is 17.3. The quantitative estimate of drug-likeness (QED) is 0.923. The van der Waals surface area contributed by atoms with Crippen LogP contribution >= 0.6 is 0 Å². The lowest BCUT2D eigenvalue weighted by Crippen LogP contribution is -2.08. The molecule has 2 aromatic rings. The Morgan fingerprint density at radius 1 is 1.38 bits per heavy atom. The molecule has 0 atom stereocenters. The van der Waals surface area contributed by atoms with Crippen molar-refractivity contribution in [2.75, 3.05) is 0 Å². The van der Waals surface area contributed by atoms with Gasteiger partial charge in [0, 0.05) is 0 Å². The van der Waals surface area contributed by atoms with E-state index in [-0.39, 0.29) is 34.9 Å². The van der Waals surface area contributed by atoms with Crippen molar-refractivity contribution in [2.45, 2.75) is 19.7 Å². The number of pyridine rings is 1. The lowest BCUT2D eigenvalue weighted by atomic mass is 10.1. The molecule has 0 aliphatic rings. The monoisotopic (exact) mass is 336 g/mol. The fourth-order valence-corrected chi connectivity index (χ4v) is 1.98. The second kappa shape index (κ2) is 6.58. The zero-order valence-corrected chi connectivity index (χ0v) is 12.4. The molecule has 1 N–H and O–H groups in total. The van der Waals surface area contributed by atoms with Crippen LogP contribution in [0.3, 0.4) is 0 Å². The number of carboxylic acid groups (broad SMARTS) is 1. The third-order valence-corrected chi connectivity index (χ3v) is 3.16. The number of carbonyl (C=O) groups is 1. The molecular weight excluding hydrogens is 325 g/mol. The van der Waals surface area contributed by atoms with Crippen molar-refractivity contribution in [3.63, 3.8) is 0 Å². The molecule has 24 heavy (non-hydrogen) atoms. The smallest absolute Gasteiger partial charge is 0.416 e. The van der Waals surface area contributed by atoms with Gasteiger partial charge in [0.1, 0.15) is 18.2 Å². The Labute approximate surface area is 134 Å². The van der Waals surface area contributed by atoms with Crippen LogP contribution in [0.2, 0.25) is 0 Å². The lowest BCUT2D eigenvalue weighted by molar-refractivity contribution is -0.137. The van der Waals surface area contributed by atoms with Gasteiger partial charge in [0.05, 0.1) is 16.8 Å². The Morgan fingerprint density at radius 3 is 2.67 bits per heavy atom. The van der Waals surface area contributed by atoms with Crippen LogP contribution in [-0.2, 0) is 12.8 Å². The normalized spacial score (nSPS) is 11.0. The van der Waals surface area contributed by atoms with Gasteiger partial charge >= 0.3 is 12.1 Å². The van der Waals surface area contributed by atoms with Gasteiger partial charge in [-0.1, -0.05) is 12.1 Å². The number of nitrogens with zero attached hydrogens (tertiary/aromatic N) is 2. The van der Waals surface area contributed by atoms with Crippen molar-refractivity contribution < 1.29 is 27.8 Å². The summed E-state index contributed by atoms with van der Waals surface area (Å²) in [6, 6.07) is 7.44. The van der Waals surface area contributed by atoms with Gasteiger partial charge < -0.3 is 9.84 Å². The minimum absolute atomic E-state index is 0.107. The first-order valence-electron chi connectivity index (χ1n) is 6.66. The van der Waals surface area contributed by atoms with E-state index in [1.54, 1.807) is 6.07 Å². The maximum absolute atomic E-state index is 12.7. The van der Waals surface area contributed by atoms with Gasteiger partial charge in [-0.15, -0.1) is 0 Å². The Kier molecular flexibility index (Phi) is 4.74. The van der Waals surface area contributed by atoms with E-state index < -0.39 is 17.7 Å². The van der Waals surface area contributed by atoms with Crippen LogP contribution in [0.25, 0.3) is 0 Å². The molecule has 0 aliphatic heterocycles. The maximum atomic E-state index is 12.7. The summed E-state index contributed by atoms with van der Waals surface area (Å²) in [5.41, 5.74) is -0.673. The van der Waals surface area contributed by atoms with Crippen LogP contribution in [0, 0.1) is 18.3 Å². The number of nitriles is 1. The zero-order chi connectivity index (χ0) is 17.9. The molecule has 8 heteroatoms. The summed E-state index contributed by atoms with van der Waals surface area (Å²) in [5.74, 6) is -1.36. The summed E-state index contributed by atoms with van der Waals surface area (Å²) in [4.78, 5) is 14.9. The van der Waals surface area contributed by atoms with Crippen LogP contribution < -0.4 is 4.74 Å². The number of carboxylic acids is 1. The molecule has 0 amide bonds. The predicted octanol–water partition coefficient (Wildman–Crippen LogP) is 3.56. The topological polar surface area (TPSA) is 83.2 Å². The minimum Gasteiger partial charge on any atom is -0.478 e. The molecule has 0 radical (unpaired) electrons. The average Bonchev–Trinajstić information content (AvgIpc) is 2.52. The molecule has 0 saturated carbocycles. The Morgan fingerprint density at radius 2 is 2.08 bits per heavy atom. The molecule has 5 nitrogen and oxygen atoms in total. The van der Waals surface area contributed by atoms with E-state index in [2.05, 4.69) is 4.98 Å². The van der Waals surface area contributed by atoms with Gasteiger partial charge in [0.25, 0.3) is 0 Å². The van der Waals surface area contributed by atoms with E-state index in [0.29, 0.717) is 0 Å². The number of benzene rings is 1. The maximum Gasteiger partial charge on any atom is 0.416 e. The molecule has 124 valence electrons. The third-order valence-electron chi connectivity index (χ3n) is 3.16. The Hall–Kier alpha value is -3.08. The van der Waals surface area contributed by atoms with Crippen LogP contribution in [0.5, 0.6) is 5.88 Å². The zero-order valence-electron chi connectivity index (χ0n) is 12.4. The van der Waals surface area contributed by atoms with E-state index >= 15 is 0 Å². The Bertz CT molecular complexity index is 826. The molecule has 0 spiro atoms. The van der Waals surface area contributed by atoms with Crippen molar-refractivity contribution in [3.05, 3.63) is 58.3 Å². The van der Waals surface area contributed by atoms with Crippen molar-refractivity contribution in [3.8, 4) is 11.9 Å². The molecule has 1 heterocycles. The van der Waals surface area contributed by atoms with Crippen molar-refractivity contribution >= 4 is 5.97 Å². The number of hydrogen-bond acceptors (Lipinski definition) is 4. The van der Waals surface area contributed by atoms with Crippen LogP contribution in [0.4, 0.5) is 13.2 Å². The molecule has 0 fully saturated rings. The highest BCUT2D eigenvalue weighted by Gasteiger charge is 2.30. The van der Waals surface area contributed by atoms with E-state index in [1.165, 1.54) is 19.1 Å². The molecule has 1 aromatic heterocycles. The molecule has 2 rings (SSSR count). The standard InChI is InChI=1S/C16H11F3N2O3/c1-9-13(15(22)23)6-11(7-20)14(21-9)24-8-10-3-2-4-12(5-10)16(17,18)19/h2-6H,8H2,1H3,(H,22,23). The summed E-state index contributed by atoms with van der Waals surface area (Å²) in [6.07, 6.45) is -4.47. The number of aromatic carboxylic acids is 1. The number of rotatable bonds is 4. The predicted molar refractivity (Wildman–Crippen MR) is 76.4 cm³/mol. The number of aromatic nitrogens is 1. The summed E-state index contributed by atoms with van der Waals surface area (Å²) in [7, 11) is 0. The summed E-state index contributed by atoms with van der Waals surface area (Å²) in [5, 5.41) is 18.0. The van der Waals surface area contributed by atoms with Gasteiger partial charge in [-0.3, -0.25) is 0 Å². The molecular formula is C16H11F3N2O3. The fraction of sp³-hybridized carbons (Fsp3) is 0.188. The molecule has 0 saturated heterocycles. The van der Waals surface area contributed by atoms with Gasteiger partial charge in [0.2, 0.25) is 5.88 Å². The summed E-state index contributed by atoms with van der Waals surface area (Å²) < 4.78 is 43.3. The molecule has 0 unspecified atom stereocenters. The fourth-order valence-electron chi connectivity index (χ4n) is 1.98. The van der Waals surface area contributed by atoms with Crippen molar-refractivity contribution in [2.24, 2.45) is 0 Å². The molecule has 1 aromatic carbocycles. The highest BCUT2D eigenvalue weighted by molar-refractivity contribution is 5.89. The van der Waals surface area contributed by atoms with Crippen molar-refractivity contribution in [1.29, 1.82) is 5.26 Å². The van der Waals surface area contributed by atoms with E-state index in [0.717, 1.165) is 18.2 Å². The van der Waals surface area contributed by atoms with Gasteiger partial charge in [-0.25, -0.2) is 9.78 Å². The van der Waals surface area contributed by atoms with Crippen LogP contribution in [-0.4, -0.2) is 16.1 Å². The van der Waals surface area contributed by atoms with E-state index in [1.807, 2.05) is 0 Å². The first-order valence-corrected chi connectivity index (χ1v) is 6.66. The SMILES string of the molecule is Cc1nc(OCc2cccc(C(F)(F)F)c2)c(C#N)cc1C(=O)O. The van der Waals surface area contributed by atoms with Crippen molar-refractivity contribution in [1.82, 2.24) is 4.98 Å². The Balaban J connectivity index is 2.25. The second-order valence-corrected chi connectivity index (χ2v) is 4.88. The number of ether oxygens (including phenoxy) is 1. The number of halogens is 3. The highest BCUT2D eigenvalue weighted by Crippen LogP contribution is 2.30. The molecule has 0 bridgehead atoms. The first-order chi connectivity index (χ1) is 11.2. The summed E-state index contributed by atoms with van der Waals surface area (Å²) >= 11 is 0. The highest BCUT2D eigenvalue weighted by atomic mass is 19.4. The minimum atomic E-state index is -4.47. The lowest BCUT2D eigenvalue weighted by Gasteiger charge is -2.11. The molecule has 0 aliphatic carbocycles. The van der Waals surface area contributed by atoms with Crippen LogP contribution in [0.1, 0.15) is 32.7 Å².